The maximum Gasteiger partial charge on any atom is 0.155 e. The van der Waals surface area contributed by atoms with Crippen LogP contribution in [0.5, 0.6) is 5.75 Å². The smallest absolute Gasteiger partial charge is 0.155 e. The number of halogens is 1. The number of hydrogen-bond acceptors (Lipinski definition) is 3. The Morgan fingerprint density at radius 3 is 2.89 bits per heavy atom. The summed E-state index contributed by atoms with van der Waals surface area (Å²) < 4.78 is 7.36. The van der Waals surface area contributed by atoms with Gasteiger partial charge in [0.2, 0.25) is 0 Å². The highest BCUT2D eigenvalue weighted by Crippen LogP contribution is 2.25. The van der Waals surface area contributed by atoms with Crippen molar-refractivity contribution in [3.63, 3.8) is 0 Å². The first-order chi connectivity index (χ1) is 8.61. The average molecular weight is 265 g/mol. The van der Waals surface area contributed by atoms with Gasteiger partial charge >= 0.3 is 0 Å². The highest BCUT2D eigenvalue weighted by molar-refractivity contribution is 6.33. The van der Waals surface area contributed by atoms with Crippen molar-refractivity contribution in [3.05, 3.63) is 46.2 Å². The summed E-state index contributed by atoms with van der Waals surface area (Å²) in [5, 5.41) is 4.62. The largest absolute Gasteiger partial charge is 0.487 e. The molecule has 0 saturated carbocycles. The van der Waals surface area contributed by atoms with Gasteiger partial charge in [0.25, 0.3) is 0 Å². The third kappa shape index (κ3) is 2.54. The van der Waals surface area contributed by atoms with Crippen molar-refractivity contribution in [1.29, 1.82) is 0 Å². The Labute approximate surface area is 110 Å². The molecule has 0 fully saturated rings. The van der Waals surface area contributed by atoms with Crippen molar-refractivity contribution in [1.82, 2.24) is 9.78 Å². The van der Waals surface area contributed by atoms with Crippen LogP contribution < -0.4 is 4.74 Å². The van der Waals surface area contributed by atoms with E-state index in [4.69, 9.17) is 16.3 Å². The Morgan fingerprint density at radius 1 is 1.50 bits per heavy atom. The summed E-state index contributed by atoms with van der Waals surface area (Å²) in [6, 6.07) is 7.06. The molecule has 0 bridgehead atoms. The number of rotatable bonds is 4. The number of nitrogens with zero attached hydrogens (tertiary/aromatic N) is 2. The minimum Gasteiger partial charge on any atom is -0.487 e. The van der Waals surface area contributed by atoms with Gasteiger partial charge < -0.3 is 4.74 Å². The lowest BCUT2D eigenvalue weighted by atomic mass is 10.2. The topological polar surface area (TPSA) is 44.1 Å². The van der Waals surface area contributed by atoms with Crippen molar-refractivity contribution in [2.45, 2.75) is 13.5 Å². The normalized spacial score (nSPS) is 10.4. The van der Waals surface area contributed by atoms with E-state index in [1.807, 2.05) is 20.0 Å². The Kier molecular flexibility index (Phi) is 3.67. The third-order valence-corrected chi connectivity index (χ3v) is 2.93. The van der Waals surface area contributed by atoms with E-state index in [2.05, 4.69) is 5.10 Å². The van der Waals surface area contributed by atoms with Gasteiger partial charge in [-0.15, -0.1) is 0 Å². The van der Waals surface area contributed by atoms with Gasteiger partial charge in [-0.1, -0.05) is 17.7 Å². The second-order valence-corrected chi connectivity index (χ2v) is 4.37. The van der Waals surface area contributed by atoms with Crippen LogP contribution in [-0.4, -0.2) is 16.1 Å². The standard InChI is InChI=1S/C13H13ClN2O2/c1-9-6-10(16(2)15-9)8-18-13-5-3-4-12(14)11(13)7-17/h3-7H,8H2,1-2H3. The second kappa shape index (κ2) is 5.23. The SMILES string of the molecule is Cc1cc(COc2cccc(Cl)c2C=O)n(C)n1. The molecule has 2 rings (SSSR count). The number of carbonyl (C=O) groups is 1. The van der Waals surface area contributed by atoms with Crippen LogP contribution in [0.2, 0.25) is 5.02 Å². The fourth-order valence-electron chi connectivity index (χ4n) is 1.71. The first-order valence-electron chi connectivity index (χ1n) is 5.48. The van der Waals surface area contributed by atoms with Gasteiger partial charge in [0.1, 0.15) is 12.4 Å². The van der Waals surface area contributed by atoms with Crippen molar-refractivity contribution < 1.29 is 9.53 Å². The van der Waals surface area contributed by atoms with Crippen molar-refractivity contribution in [3.8, 4) is 5.75 Å². The molecule has 1 aromatic carbocycles. The molecular weight excluding hydrogens is 252 g/mol. The molecule has 5 heteroatoms. The van der Waals surface area contributed by atoms with E-state index >= 15 is 0 Å². The summed E-state index contributed by atoms with van der Waals surface area (Å²) in [6.07, 6.45) is 0.701. The van der Waals surface area contributed by atoms with Gasteiger partial charge in [0.15, 0.2) is 6.29 Å². The number of aldehydes is 1. The zero-order chi connectivity index (χ0) is 13.1. The van der Waals surface area contributed by atoms with E-state index in [0.29, 0.717) is 29.2 Å². The molecule has 0 aliphatic carbocycles. The maximum absolute atomic E-state index is 10.9. The first-order valence-corrected chi connectivity index (χ1v) is 5.85. The van der Waals surface area contributed by atoms with E-state index in [1.54, 1.807) is 22.9 Å². The minimum atomic E-state index is 0.346. The monoisotopic (exact) mass is 264 g/mol. The van der Waals surface area contributed by atoms with Crippen LogP contribution in [0.25, 0.3) is 0 Å². The second-order valence-electron chi connectivity index (χ2n) is 3.96. The summed E-state index contributed by atoms with van der Waals surface area (Å²) in [7, 11) is 1.85. The molecule has 0 N–H and O–H groups in total. The Morgan fingerprint density at radius 2 is 2.28 bits per heavy atom. The maximum atomic E-state index is 10.9. The number of ether oxygens (including phenoxy) is 1. The van der Waals surface area contributed by atoms with Crippen molar-refractivity contribution in [2.24, 2.45) is 7.05 Å². The predicted molar refractivity (Wildman–Crippen MR) is 69.1 cm³/mol. The lowest BCUT2D eigenvalue weighted by molar-refractivity contribution is 0.111. The number of hydrogen-bond donors (Lipinski definition) is 0. The van der Waals surface area contributed by atoms with E-state index in [1.165, 1.54) is 0 Å². The van der Waals surface area contributed by atoms with Gasteiger partial charge in [-0.25, -0.2) is 0 Å². The predicted octanol–water partition coefficient (Wildman–Crippen LogP) is 2.77. The molecule has 1 aromatic heterocycles. The summed E-state index contributed by atoms with van der Waals surface area (Å²) >= 11 is 5.92. The summed E-state index contributed by atoms with van der Waals surface area (Å²) in [5.74, 6) is 0.483. The Bertz CT molecular complexity index is 578. The quantitative estimate of drug-likeness (QED) is 0.798. The van der Waals surface area contributed by atoms with Crippen LogP contribution >= 0.6 is 11.6 Å². The molecular formula is C13H13ClN2O2. The lowest BCUT2D eigenvalue weighted by Crippen LogP contribution is -2.04. The van der Waals surface area contributed by atoms with Gasteiger partial charge in [0, 0.05) is 7.05 Å². The molecule has 18 heavy (non-hydrogen) atoms. The fourth-order valence-corrected chi connectivity index (χ4v) is 1.92. The minimum absolute atomic E-state index is 0.346. The van der Waals surface area contributed by atoms with Gasteiger partial charge in [-0.05, 0) is 25.1 Å². The molecule has 0 spiro atoms. The van der Waals surface area contributed by atoms with Crippen LogP contribution in [0.4, 0.5) is 0 Å². The number of aromatic nitrogens is 2. The van der Waals surface area contributed by atoms with Crippen LogP contribution in [-0.2, 0) is 13.7 Å². The third-order valence-electron chi connectivity index (χ3n) is 2.61. The highest BCUT2D eigenvalue weighted by Gasteiger charge is 2.09. The van der Waals surface area contributed by atoms with Gasteiger partial charge in [-0.2, -0.15) is 5.10 Å². The van der Waals surface area contributed by atoms with E-state index in [9.17, 15) is 4.79 Å². The Hall–Kier alpha value is -1.81. The van der Waals surface area contributed by atoms with Crippen LogP contribution in [0.1, 0.15) is 21.7 Å². The molecule has 1 heterocycles. The molecule has 0 unspecified atom stereocenters. The zero-order valence-electron chi connectivity index (χ0n) is 10.2. The zero-order valence-corrected chi connectivity index (χ0v) is 10.9. The first kappa shape index (κ1) is 12.6. The molecule has 0 saturated heterocycles. The molecule has 94 valence electrons. The molecule has 0 aliphatic rings. The summed E-state index contributed by atoms with van der Waals surface area (Å²) in [5.41, 5.74) is 2.24. The van der Waals surface area contributed by atoms with Crippen molar-refractivity contribution in [2.75, 3.05) is 0 Å². The van der Waals surface area contributed by atoms with Crippen molar-refractivity contribution >= 4 is 17.9 Å². The average Bonchev–Trinajstić information content (AvgIpc) is 2.65. The van der Waals surface area contributed by atoms with Crippen LogP contribution in [0.3, 0.4) is 0 Å². The summed E-state index contributed by atoms with van der Waals surface area (Å²) in [6.45, 7) is 2.26. The molecule has 0 amide bonds. The number of benzene rings is 1. The molecule has 0 atom stereocenters. The van der Waals surface area contributed by atoms with E-state index in [0.717, 1.165) is 11.4 Å². The van der Waals surface area contributed by atoms with E-state index in [-0.39, 0.29) is 0 Å². The van der Waals surface area contributed by atoms with Crippen LogP contribution in [0.15, 0.2) is 24.3 Å². The number of aryl methyl sites for hydroxylation is 2. The molecule has 4 nitrogen and oxygen atoms in total. The van der Waals surface area contributed by atoms with Gasteiger partial charge in [-0.3, -0.25) is 9.48 Å². The molecule has 0 aliphatic heterocycles. The summed E-state index contributed by atoms with van der Waals surface area (Å²) in [4.78, 5) is 10.9. The van der Waals surface area contributed by atoms with Gasteiger partial charge in [0.05, 0.1) is 22.0 Å². The molecule has 2 aromatic rings. The fraction of sp³-hybridized carbons (Fsp3) is 0.231. The van der Waals surface area contributed by atoms with E-state index < -0.39 is 0 Å². The molecule has 0 radical (unpaired) electrons. The van der Waals surface area contributed by atoms with Crippen LogP contribution in [0, 0.1) is 6.92 Å². The lowest BCUT2D eigenvalue weighted by Gasteiger charge is -2.09. The Balaban J connectivity index is 2.18. The number of carbonyl (C=O) groups excluding carboxylic acids is 1. The highest BCUT2D eigenvalue weighted by atomic mass is 35.5.